The Labute approximate surface area is 190 Å². The van der Waals surface area contributed by atoms with Crippen molar-refractivity contribution in [3.63, 3.8) is 0 Å². The first kappa shape index (κ1) is 20.6. The molecule has 2 heterocycles. The maximum absolute atomic E-state index is 6.46. The van der Waals surface area contributed by atoms with Crippen LogP contribution >= 0.6 is 0 Å². The molecule has 2 aliphatic heterocycles. The minimum absolute atomic E-state index is 0.176. The number of nitrogens with zero attached hydrogens (tertiary/aromatic N) is 2. The van der Waals surface area contributed by atoms with Crippen LogP contribution in [0.4, 0.5) is 0 Å². The highest BCUT2D eigenvalue weighted by Crippen LogP contribution is 2.47. The molecule has 2 aliphatic rings. The van der Waals surface area contributed by atoms with Crippen molar-refractivity contribution in [1.29, 1.82) is 0 Å². The Morgan fingerprint density at radius 3 is 2.50 bits per heavy atom. The number of fused-ring (bicyclic) bond motifs is 3. The molecule has 5 rings (SSSR count). The molecular formula is C28H30N2O2. The first-order chi connectivity index (χ1) is 15.8. The molecule has 4 nitrogen and oxygen atoms in total. The molecule has 0 aliphatic carbocycles. The van der Waals surface area contributed by atoms with E-state index in [0.717, 1.165) is 42.2 Å². The Morgan fingerprint density at radius 2 is 1.69 bits per heavy atom. The number of para-hydroxylation sites is 1. The average Bonchev–Trinajstić information content (AvgIpc) is 3.30. The third-order valence-corrected chi connectivity index (χ3v) is 6.24. The first-order valence-electron chi connectivity index (χ1n) is 11.7. The first-order valence-corrected chi connectivity index (χ1v) is 11.7. The highest BCUT2D eigenvalue weighted by Gasteiger charge is 2.40. The fraction of sp³-hybridized carbons (Fsp3) is 0.321. The topological polar surface area (TPSA) is 34.1 Å². The standard InChI is InChI=1S/C28H30N2O2/c1-2-3-4-10-19-31-23-17-15-22(16-18-23)28-30-26(24-13-8-9-14-27(24)32-28)20-25(29-30)21-11-6-5-7-12-21/h5-9,11-18,26,28H,2-4,10,19-20H2,1H3/t26-,28+/m1/s1. The second-order valence-corrected chi connectivity index (χ2v) is 8.50. The van der Waals surface area contributed by atoms with Crippen LogP contribution in [0.25, 0.3) is 0 Å². The summed E-state index contributed by atoms with van der Waals surface area (Å²) in [6.45, 7) is 2.99. The van der Waals surface area contributed by atoms with Crippen molar-refractivity contribution in [3.8, 4) is 11.5 Å². The number of hydrogen-bond donors (Lipinski definition) is 0. The number of ether oxygens (including phenoxy) is 2. The summed E-state index contributed by atoms with van der Waals surface area (Å²) in [4.78, 5) is 0. The molecule has 0 amide bonds. The predicted octanol–water partition coefficient (Wildman–Crippen LogP) is 6.89. The smallest absolute Gasteiger partial charge is 0.213 e. The second-order valence-electron chi connectivity index (χ2n) is 8.50. The van der Waals surface area contributed by atoms with Gasteiger partial charge in [-0.25, -0.2) is 5.01 Å². The van der Waals surface area contributed by atoms with E-state index in [1.165, 1.54) is 30.4 Å². The molecule has 4 heteroatoms. The molecule has 0 spiro atoms. The van der Waals surface area contributed by atoms with Crippen LogP contribution in [-0.2, 0) is 0 Å². The quantitative estimate of drug-likeness (QED) is 0.368. The zero-order valence-corrected chi connectivity index (χ0v) is 18.6. The van der Waals surface area contributed by atoms with Gasteiger partial charge in [-0.3, -0.25) is 0 Å². The van der Waals surface area contributed by atoms with Gasteiger partial charge in [-0.15, -0.1) is 0 Å². The Morgan fingerprint density at radius 1 is 0.906 bits per heavy atom. The van der Waals surface area contributed by atoms with Crippen molar-refractivity contribution in [1.82, 2.24) is 5.01 Å². The molecule has 0 radical (unpaired) electrons. The van der Waals surface area contributed by atoms with Crippen LogP contribution in [0.5, 0.6) is 11.5 Å². The fourth-order valence-electron chi connectivity index (χ4n) is 4.51. The maximum atomic E-state index is 6.46. The third-order valence-electron chi connectivity index (χ3n) is 6.24. The molecule has 0 saturated heterocycles. The highest BCUT2D eigenvalue weighted by molar-refractivity contribution is 6.01. The molecular weight excluding hydrogens is 396 g/mol. The molecule has 3 aromatic carbocycles. The van der Waals surface area contributed by atoms with Crippen molar-refractivity contribution in [2.24, 2.45) is 5.10 Å². The van der Waals surface area contributed by atoms with Gasteiger partial charge < -0.3 is 9.47 Å². The van der Waals surface area contributed by atoms with Gasteiger partial charge in [-0.05, 0) is 42.3 Å². The Balaban J connectivity index is 1.38. The van der Waals surface area contributed by atoms with E-state index in [4.69, 9.17) is 14.6 Å². The van der Waals surface area contributed by atoms with Crippen molar-refractivity contribution in [2.75, 3.05) is 6.61 Å². The molecule has 0 saturated carbocycles. The van der Waals surface area contributed by atoms with E-state index in [1.54, 1.807) is 0 Å². The number of rotatable bonds is 8. The van der Waals surface area contributed by atoms with E-state index in [-0.39, 0.29) is 12.3 Å². The summed E-state index contributed by atoms with van der Waals surface area (Å²) in [5, 5.41) is 7.16. The summed E-state index contributed by atoms with van der Waals surface area (Å²) in [7, 11) is 0. The van der Waals surface area contributed by atoms with Crippen LogP contribution in [0.3, 0.4) is 0 Å². The molecule has 3 aromatic rings. The van der Waals surface area contributed by atoms with Crippen molar-refractivity contribution >= 4 is 5.71 Å². The van der Waals surface area contributed by atoms with E-state index in [9.17, 15) is 0 Å². The molecule has 32 heavy (non-hydrogen) atoms. The SMILES string of the molecule is CCCCCCOc1ccc([C@@H]2Oc3ccccc3[C@H]3CC(c4ccccc4)=NN32)cc1. The van der Waals surface area contributed by atoms with Gasteiger partial charge >= 0.3 is 0 Å². The average molecular weight is 427 g/mol. The zero-order chi connectivity index (χ0) is 21.8. The van der Waals surface area contributed by atoms with Gasteiger partial charge in [0.25, 0.3) is 0 Å². The summed E-state index contributed by atoms with van der Waals surface area (Å²) >= 11 is 0. The summed E-state index contributed by atoms with van der Waals surface area (Å²) in [5.74, 6) is 1.85. The summed E-state index contributed by atoms with van der Waals surface area (Å²) < 4.78 is 12.4. The minimum atomic E-state index is -0.255. The number of unbranched alkanes of at least 4 members (excludes halogenated alkanes) is 3. The third kappa shape index (κ3) is 4.22. The fourth-order valence-corrected chi connectivity index (χ4v) is 4.51. The van der Waals surface area contributed by atoms with Gasteiger partial charge in [0.05, 0.1) is 18.4 Å². The van der Waals surface area contributed by atoms with Crippen LogP contribution in [0.2, 0.25) is 0 Å². The lowest BCUT2D eigenvalue weighted by atomic mass is 9.96. The van der Waals surface area contributed by atoms with E-state index < -0.39 is 0 Å². The van der Waals surface area contributed by atoms with Crippen molar-refractivity contribution in [3.05, 3.63) is 95.6 Å². The molecule has 0 fully saturated rings. The van der Waals surface area contributed by atoms with Crippen LogP contribution in [0.1, 0.15) is 68.0 Å². The normalized spacial score (nSPS) is 19.0. The van der Waals surface area contributed by atoms with E-state index >= 15 is 0 Å². The number of hydrazone groups is 1. The monoisotopic (exact) mass is 426 g/mol. The molecule has 2 atom stereocenters. The van der Waals surface area contributed by atoms with Crippen LogP contribution in [0, 0.1) is 0 Å². The molecule has 164 valence electrons. The molecule has 0 bridgehead atoms. The van der Waals surface area contributed by atoms with Crippen LogP contribution in [-0.4, -0.2) is 17.3 Å². The van der Waals surface area contributed by atoms with Gasteiger partial charge in [0, 0.05) is 17.5 Å². The second kappa shape index (κ2) is 9.47. The predicted molar refractivity (Wildman–Crippen MR) is 128 cm³/mol. The summed E-state index contributed by atoms with van der Waals surface area (Å²) in [6.07, 6.45) is 5.46. The van der Waals surface area contributed by atoms with Gasteiger partial charge in [0.1, 0.15) is 11.5 Å². The highest BCUT2D eigenvalue weighted by atomic mass is 16.5. The molecule has 0 unspecified atom stereocenters. The molecule has 0 aromatic heterocycles. The summed E-state index contributed by atoms with van der Waals surface area (Å²) in [5.41, 5.74) is 4.56. The van der Waals surface area contributed by atoms with Gasteiger partial charge in [-0.2, -0.15) is 5.10 Å². The molecule has 0 N–H and O–H groups in total. The van der Waals surface area contributed by atoms with Crippen LogP contribution in [0.15, 0.2) is 84.0 Å². The summed E-state index contributed by atoms with van der Waals surface area (Å²) in [6, 6.07) is 27.3. The van der Waals surface area contributed by atoms with E-state index in [0.29, 0.717) is 0 Å². The maximum Gasteiger partial charge on any atom is 0.213 e. The van der Waals surface area contributed by atoms with E-state index in [1.807, 2.05) is 24.3 Å². The zero-order valence-electron chi connectivity index (χ0n) is 18.6. The minimum Gasteiger partial charge on any atom is -0.494 e. The lowest BCUT2D eigenvalue weighted by Gasteiger charge is -2.38. The van der Waals surface area contributed by atoms with Crippen molar-refractivity contribution < 1.29 is 9.47 Å². The lowest BCUT2D eigenvalue weighted by Crippen LogP contribution is -2.33. The number of benzene rings is 3. The van der Waals surface area contributed by atoms with Gasteiger partial charge in [-0.1, -0.05) is 74.7 Å². The Bertz CT molecular complexity index is 1060. The largest absolute Gasteiger partial charge is 0.494 e. The van der Waals surface area contributed by atoms with Gasteiger partial charge in [0.2, 0.25) is 6.23 Å². The van der Waals surface area contributed by atoms with Crippen LogP contribution < -0.4 is 9.47 Å². The van der Waals surface area contributed by atoms with Crippen molar-refractivity contribution in [2.45, 2.75) is 51.3 Å². The van der Waals surface area contributed by atoms with Gasteiger partial charge in [0.15, 0.2) is 0 Å². The Kier molecular flexibility index (Phi) is 6.11. The number of hydrogen-bond acceptors (Lipinski definition) is 4. The Hall–Kier alpha value is -3.27. The lowest BCUT2D eigenvalue weighted by molar-refractivity contribution is -0.0190. The van der Waals surface area contributed by atoms with E-state index in [2.05, 4.69) is 66.5 Å².